The van der Waals surface area contributed by atoms with Crippen molar-refractivity contribution in [2.45, 2.75) is 31.2 Å². The van der Waals surface area contributed by atoms with Gasteiger partial charge >= 0.3 is 0 Å². The molecule has 5 nitrogen and oxygen atoms in total. The molecule has 2 aliphatic rings. The molecule has 0 bridgehead atoms. The summed E-state index contributed by atoms with van der Waals surface area (Å²) in [6.07, 6.45) is -1.72. The van der Waals surface area contributed by atoms with Crippen LogP contribution in [-0.4, -0.2) is 38.0 Å². The highest BCUT2D eigenvalue weighted by Gasteiger charge is 2.43. The van der Waals surface area contributed by atoms with Crippen molar-refractivity contribution in [3.63, 3.8) is 0 Å². The predicted octanol–water partition coefficient (Wildman–Crippen LogP) is 1.43. The summed E-state index contributed by atoms with van der Waals surface area (Å²) in [6.45, 7) is 0.329. The summed E-state index contributed by atoms with van der Waals surface area (Å²) in [7, 11) is 1.52. The Labute approximate surface area is 111 Å². The number of Topliss-reactive ketones (excluding diaryl/α,β-unsaturated/α-hetero) is 1. The second-order valence-electron chi connectivity index (χ2n) is 4.64. The van der Waals surface area contributed by atoms with Crippen LogP contribution >= 0.6 is 0 Å². The number of rotatable bonds is 2. The summed E-state index contributed by atoms with van der Waals surface area (Å²) in [6, 6.07) is 9.57. The zero-order chi connectivity index (χ0) is 13.2. The zero-order valence-electron chi connectivity index (χ0n) is 10.7. The molecule has 1 aromatic rings. The molecule has 0 unspecified atom stereocenters. The molecule has 2 saturated heterocycles. The lowest BCUT2D eigenvalue weighted by molar-refractivity contribution is -0.298. The number of ether oxygens (including phenoxy) is 4. The van der Waals surface area contributed by atoms with Crippen molar-refractivity contribution < 1.29 is 23.7 Å². The summed E-state index contributed by atoms with van der Waals surface area (Å²) >= 11 is 0. The summed E-state index contributed by atoms with van der Waals surface area (Å²) in [4.78, 5) is 12.0. The SMILES string of the molecule is CO[C@@H]1CC(=O)[C@H]2O[C@@H](c3ccccc3)OC[C@@H]2O1. The number of methoxy groups -OCH3 is 1. The van der Waals surface area contributed by atoms with E-state index in [2.05, 4.69) is 0 Å². The van der Waals surface area contributed by atoms with E-state index in [-0.39, 0.29) is 18.3 Å². The van der Waals surface area contributed by atoms with Crippen molar-refractivity contribution in [2.24, 2.45) is 0 Å². The van der Waals surface area contributed by atoms with E-state index < -0.39 is 18.7 Å². The maximum atomic E-state index is 12.0. The Bertz CT molecular complexity index is 446. The van der Waals surface area contributed by atoms with Crippen molar-refractivity contribution in [3.8, 4) is 0 Å². The van der Waals surface area contributed by atoms with Crippen molar-refractivity contribution in [3.05, 3.63) is 35.9 Å². The minimum Gasteiger partial charge on any atom is -0.355 e. The monoisotopic (exact) mass is 264 g/mol. The van der Waals surface area contributed by atoms with Crippen LogP contribution < -0.4 is 0 Å². The number of ketones is 1. The molecule has 3 rings (SSSR count). The van der Waals surface area contributed by atoms with E-state index in [1.165, 1.54) is 7.11 Å². The Morgan fingerprint density at radius 2 is 2.00 bits per heavy atom. The van der Waals surface area contributed by atoms with E-state index in [1.807, 2.05) is 30.3 Å². The average Bonchev–Trinajstić information content (AvgIpc) is 2.47. The van der Waals surface area contributed by atoms with E-state index >= 15 is 0 Å². The van der Waals surface area contributed by atoms with Crippen LogP contribution in [0, 0.1) is 0 Å². The van der Waals surface area contributed by atoms with Gasteiger partial charge in [-0.1, -0.05) is 30.3 Å². The molecule has 0 aliphatic carbocycles. The summed E-state index contributed by atoms with van der Waals surface area (Å²) in [5, 5.41) is 0. The van der Waals surface area contributed by atoms with E-state index in [9.17, 15) is 4.79 Å². The Hall–Kier alpha value is -1.27. The van der Waals surface area contributed by atoms with Gasteiger partial charge in [0.15, 0.2) is 18.4 Å². The summed E-state index contributed by atoms with van der Waals surface area (Å²) in [5.41, 5.74) is 0.905. The fraction of sp³-hybridized carbons (Fsp3) is 0.500. The third-order valence-corrected chi connectivity index (χ3v) is 3.37. The number of hydrogen-bond donors (Lipinski definition) is 0. The number of hydrogen-bond acceptors (Lipinski definition) is 5. The molecular formula is C14H16O5. The zero-order valence-corrected chi connectivity index (χ0v) is 10.7. The predicted molar refractivity (Wildman–Crippen MR) is 65.3 cm³/mol. The van der Waals surface area contributed by atoms with Gasteiger partial charge in [0.1, 0.15) is 12.2 Å². The van der Waals surface area contributed by atoms with Crippen molar-refractivity contribution in [1.29, 1.82) is 0 Å². The fourth-order valence-corrected chi connectivity index (χ4v) is 2.37. The molecule has 0 radical (unpaired) electrons. The number of carbonyl (C=O) groups excluding carboxylic acids is 1. The molecule has 5 heteroatoms. The molecule has 102 valence electrons. The lowest BCUT2D eigenvalue weighted by Crippen LogP contribution is -2.53. The van der Waals surface area contributed by atoms with Gasteiger partial charge in [-0.2, -0.15) is 0 Å². The quantitative estimate of drug-likeness (QED) is 0.809. The van der Waals surface area contributed by atoms with Gasteiger partial charge in [0.25, 0.3) is 0 Å². The van der Waals surface area contributed by atoms with Gasteiger partial charge in [0.05, 0.1) is 13.0 Å². The van der Waals surface area contributed by atoms with Gasteiger partial charge in [0, 0.05) is 12.7 Å². The highest BCUT2D eigenvalue weighted by molar-refractivity contribution is 5.84. The third-order valence-electron chi connectivity index (χ3n) is 3.37. The van der Waals surface area contributed by atoms with Gasteiger partial charge in [-0.15, -0.1) is 0 Å². The molecule has 2 fully saturated rings. The largest absolute Gasteiger partial charge is 0.355 e. The van der Waals surface area contributed by atoms with E-state index in [1.54, 1.807) is 0 Å². The third kappa shape index (κ3) is 2.55. The molecule has 0 saturated carbocycles. The van der Waals surface area contributed by atoms with E-state index in [0.717, 1.165) is 5.56 Å². The second-order valence-corrected chi connectivity index (χ2v) is 4.64. The topological polar surface area (TPSA) is 54.0 Å². The standard InChI is InChI=1S/C14H16O5/c1-16-12-7-10(15)13-11(18-12)8-17-14(19-13)9-5-3-2-4-6-9/h2-6,11-14H,7-8H2,1H3/t11-,12-,13+,14-/m0/s1. The highest BCUT2D eigenvalue weighted by Crippen LogP contribution is 2.31. The molecule has 0 spiro atoms. The van der Waals surface area contributed by atoms with Crippen molar-refractivity contribution in [1.82, 2.24) is 0 Å². The highest BCUT2D eigenvalue weighted by atomic mass is 16.7. The molecular weight excluding hydrogens is 248 g/mol. The van der Waals surface area contributed by atoms with Crippen LogP contribution in [0.3, 0.4) is 0 Å². The lowest BCUT2D eigenvalue weighted by atomic mass is 10.0. The Balaban J connectivity index is 1.72. The molecule has 1 aromatic carbocycles. The maximum absolute atomic E-state index is 12.0. The normalized spacial score (nSPS) is 34.9. The van der Waals surface area contributed by atoms with Crippen LogP contribution in [0.5, 0.6) is 0 Å². The average molecular weight is 264 g/mol. The van der Waals surface area contributed by atoms with Crippen molar-refractivity contribution in [2.75, 3.05) is 13.7 Å². The Kier molecular flexibility index (Phi) is 3.61. The van der Waals surface area contributed by atoms with Crippen LogP contribution in [0.15, 0.2) is 30.3 Å². The first-order valence-electron chi connectivity index (χ1n) is 6.31. The maximum Gasteiger partial charge on any atom is 0.184 e. The second kappa shape index (κ2) is 5.38. The van der Waals surface area contributed by atoms with Crippen LogP contribution in [-0.2, 0) is 23.7 Å². The molecule has 2 heterocycles. The van der Waals surface area contributed by atoms with Gasteiger partial charge < -0.3 is 18.9 Å². The Morgan fingerprint density at radius 3 is 2.74 bits per heavy atom. The molecule has 0 N–H and O–H groups in total. The van der Waals surface area contributed by atoms with Crippen LogP contribution in [0.2, 0.25) is 0 Å². The van der Waals surface area contributed by atoms with Gasteiger partial charge in [-0.05, 0) is 0 Å². The first-order valence-corrected chi connectivity index (χ1v) is 6.31. The smallest absolute Gasteiger partial charge is 0.184 e. The molecule has 0 amide bonds. The minimum atomic E-state index is -0.564. The fourth-order valence-electron chi connectivity index (χ4n) is 2.37. The molecule has 4 atom stereocenters. The van der Waals surface area contributed by atoms with Crippen molar-refractivity contribution >= 4 is 5.78 Å². The number of carbonyl (C=O) groups is 1. The van der Waals surface area contributed by atoms with Gasteiger partial charge in [-0.3, -0.25) is 4.79 Å². The van der Waals surface area contributed by atoms with Gasteiger partial charge in [-0.25, -0.2) is 0 Å². The first-order chi connectivity index (χ1) is 9.28. The Morgan fingerprint density at radius 1 is 1.21 bits per heavy atom. The molecule has 0 aromatic heterocycles. The van der Waals surface area contributed by atoms with E-state index in [4.69, 9.17) is 18.9 Å². The van der Waals surface area contributed by atoms with Gasteiger partial charge in [0.2, 0.25) is 0 Å². The minimum absolute atomic E-state index is 0.00679. The first kappa shape index (κ1) is 12.7. The van der Waals surface area contributed by atoms with E-state index in [0.29, 0.717) is 6.61 Å². The number of benzene rings is 1. The van der Waals surface area contributed by atoms with Crippen LogP contribution in [0.4, 0.5) is 0 Å². The lowest BCUT2D eigenvalue weighted by Gasteiger charge is -2.40. The van der Waals surface area contributed by atoms with Crippen LogP contribution in [0.1, 0.15) is 18.3 Å². The van der Waals surface area contributed by atoms with Crippen LogP contribution in [0.25, 0.3) is 0 Å². The summed E-state index contributed by atoms with van der Waals surface area (Å²) in [5.74, 6) is 0.00679. The number of fused-ring (bicyclic) bond motifs is 1. The molecule has 19 heavy (non-hydrogen) atoms. The molecule has 2 aliphatic heterocycles. The summed E-state index contributed by atoms with van der Waals surface area (Å²) < 4.78 is 22.0.